The van der Waals surface area contributed by atoms with Crippen molar-refractivity contribution < 1.29 is 9.05 Å². The van der Waals surface area contributed by atoms with Crippen LogP contribution in [0, 0.1) is 0 Å². The minimum absolute atomic E-state index is 0.494. The van der Waals surface area contributed by atoms with Gasteiger partial charge in [0.15, 0.2) is 0 Å². The molecule has 3 aromatic rings. The van der Waals surface area contributed by atoms with Crippen LogP contribution in [0.1, 0.15) is 47.6 Å². The van der Waals surface area contributed by atoms with Crippen LogP contribution in [-0.2, 0) is 12.8 Å². The van der Waals surface area contributed by atoms with Gasteiger partial charge in [-0.15, -0.1) is 0 Å². The van der Waals surface area contributed by atoms with E-state index in [1.54, 1.807) is 24.9 Å². The summed E-state index contributed by atoms with van der Waals surface area (Å²) in [6.07, 6.45) is 8.59. The van der Waals surface area contributed by atoms with E-state index in [9.17, 15) is 0 Å². The second-order valence-electron chi connectivity index (χ2n) is 5.66. The van der Waals surface area contributed by atoms with Crippen LogP contribution in [0.15, 0.2) is 52.2 Å². The van der Waals surface area contributed by atoms with Crippen molar-refractivity contribution in [1.29, 1.82) is 0 Å². The van der Waals surface area contributed by atoms with Gasteiger partial charge in [-0.1, -0.05) is 42.4 Å². The van der Waals surface area contributed by atoms with Crippen LogP contribution in [0.25, 0.3) is 0 Å². The normalized spacial score (nSPS) is 11.2. The maximum atomic E-state index is 4.91. The summed E-state index contributed by atoms with van der Waals surface area (Å²) in [6.45, 7) is 4.42. The third kappa shape index (κ3) is 3.40. The second-order valence-corrected chi connectivity index (χ2v) is 5.66. The molecule has 3 rings (SSSR count). The second kappa shape index (κ2) is 5.95. The SMILES string of the molecule is CC(C)c1cc(Cc2cnoc2)cc(Cc2cnoc2)c1. The molecule has 0 aliphatic heterocycles. The third-order valence-electron chi connectivity index (χ3n) is 3.53. The monoisotopic (exact) mass is 282 g/mol. The predicted molar refractivity (Wildman–Crippen MR) is 79.1 cm³/mol. The van der Waals surface area contributed by atoms with Gasteiger partial charge >= 0.3 is 0 Å². The largest absolute Gasteiger partial charge is 0.364 e. The first-order valence-corrected chi connectivity index (χ1v) is 7.10. The zero-order valence-corrected chi connectivity index (χ0v) is 12.2. The molecule has 2 heterocycles. The first-order chi connectivity index (χ1) is 10.2. The van der Waals surface area contributed by atoms with Crippen LogP contribution in [0.5, 0.6) is 0 Å². The molecule has 0 aliphatic rings. The number of hydrogen-bond donors (Lipinski definition) is 0. The van der Waals surface area contributed by atoms with E-state index in [2.05, 4.69) is 42.4 Å². The summed E-state index contributed by atoms with van der Waals surface area (Å²) in [5, 5.41) is 7.53. The van der Waals surface area contributed by atoms with Crippen molar-refractivity contribution in [2.45, 2.75) is 32.6 Å². The van der Waals surface area contributed by atoms with Crippen molar-refractivity contribution in [3.63, 3.8) is 0 Å². The molecule has 0 saturated heterocycles. The lowest BCUT2D eigenvalue weighted by Gasteiger charge is -2.11. The number of benzene rings is 1. The molecule has 0 amide bonds. The van der Waals surface area contributed by atoms with Crippen molar-refractivity contribution >= 4 is 0 Å². The number of hydrogen-bond acceptors (Lipinski definition) is 4. The summed E-state index contributed by atoms with van der Waals surface area (Å²) in [5.74, 6) is 0.494. The van der Waals surface area contributed by atoms with Crippen molar-refractivity contribution in [3.8, 4) is 0 Å². The van der Waals surface area contributed by atoms with Gasteiger partial charge in [0, 0.05) is 24.0 Å². The Morgan fingerprint density at radius 1 is 0.810 bits per heavy atom. The minimum atomic E-state index is 0.494. The highest BCUT2D eigenvalue weighted by Gasteiger charge is 2.08. The van der Waals surface area contributed by atoms with E-state index in [1.807, 2.05) is 0 Å². The van der Waals surface area contributed by atoms with Gasteiger partial charge < -0.3 is 9.05 Å². The molecule has 4 nitrogen and oxygen atoms in total. The lowest BCUT2D eigenvalue weighted by Crippen LogP contribution is -1.97. The first-order valence-electron chi connectivity index (χ1n) is 7.10. The summed E-state index contributed by atoms with van der Waals surface area (Å²) in [5.41, 5.74) is 6.07. The quantitative estimate of drug-likeness (QED) is 0.710. The number of aromatic nitrogens is 2. The lowest BCUT2D eigenvalue weighted by molar-refractivity contribution is 0.419. The van der Waals surface area contributed by atoms with Gasteiger partial charge in [-0.25, -0.2) is 0 Å². The van der Waals surface area contributed by atoms with Gasteiger partial charge in [-0.2, -0.15) is 0 Å². The highest BCUT2D eigenvalue weighted by atomic mass is 16.5. The van der Waals surface area contributed by atoms with Crippen LogP contribution in [0.4, 0.5) is 0 Å². The molecule has 0 atom stereocenters. The molecule has 0 radical (unpaired) electrons. The zero-order chi connectivity index (χ0) is 14.7. The molecule has 21 heavy (non-hydrogen) atoms. The van der Waals surface area contributed by atoms with Crippen LogP contribution < -0.4 is 0 Å². The van der Waals surface area contributed by atoms with Crippen LogP contribution in [0.2, 0.25) is 0 Å². The topological polar surface area (TPSA) is 52.1 Å². The Hall–Kier alpha value is -2.36. The Morgan fingerprint density at radius 3 is 1.71 bits per heavy atom. The van der Waals surface area contributed by atoms with Crippen LogP contribution in [0.3, 0.4) is 0 Å². The van der Waals surface area contributed by atoms with Crippen molar-refractivity contribution in [1.82, 2.24) is 10.3 Å². The molecule has 0 N–H and O–H groups in total. The Labute approximate surface area is 123 Å². The summed E-state index contributed by atoms with van der Waals surface area (Å²) >= 11 is 0. The molecule has 2 aromatic heterocycles. The van der Waals surface area contributed by atoms with E-state index < -0.39 is 0 Å². The molecule has 4 heteroatoms. The maximum Gasteiger partial charge on any atom is 0.127 e. The minimum Gasteiger partial charge on any atom is -0.364 e. The van der Waals surface area contributed by atoms with Crippen molar-refractivity contribution in [2.24, 2.45) is 0 Å². The average molecular weight is 282 g/mol. The molecular weight excluding hydrogens is 264 g/mol. The van der Waals surface area contributed by atoms with Gasteiger partial charge in [0.05, 0.1) is 12.4 Å². The number of nitrogens with zero attached hydrogens (tertiary/aromatic N) is 2. The fourth-order valence-corrected chi connectivity index (χ4v) is 2.43. The Kier molecular flexibility index (Phi) is 3.86. The van der Waals surface area contributed by atoms with Crippen LogP contribution in [-0.4, -0.2) is 10.3 Å². The van der Waals surface area contributed by atoms with E-state index in [0.717, 1.165) is 24.0 Å². The summed E-state index contributed by atoms with van der Waals surface area (Å²) in [7, 11) is 0. The molecule has 1 aromatic carbocycles. The van der Waals surface area contributed by atoms with Gasteiger partial charge in [0.25, 0.3) is 0 Å². The van der Waals surface area contributed by atoms with E-state index in [0.29, 0.717) is 5.92 Å². The molecule has 0 unspecified atom stereocenters. The predicted octanol–water partition coefficient (Wildman–Crippen LogP) is 3.97. The van der Waals surface area contributed by atoms with E-state index in [1.165, 1.54) is 16.7 Å². The Balaban J connectivity index is 1.90. The summed E-state index contributed by atoms with van der Waals surface area (Å²) < 4.78 is 9.82. The fraction of sp³-hybridized carbons (Fsp3) is 0.294. The van der Waals surface area contributed by atoms with E-state index >= 15 is 0 Å². The molecule has 0 bridgehead atoms. The van der Waals surface area contributed by atoms with E-state index in [4.69, 9.17) is 9.05 Å². The highest BCUT2D eigenvalue weighted by Crippen LogP contribution is 2.22. The van der Waals surface area contributed by atoms with Gasteiger partial charge in [-0.05, 0) is 22.6 Å². The molecule has 0 saturated carbocycles. The number of rotatable bonds is 5. The van der Waals surface area contributed by atoms with Crippen molar-refractivity contribution in [3.05, 3.63) is 70.9 Å². The maximum absolute atomic E-state index is 4.91. The zero-order valence-electron chi connectivity index (χ0n) is 12.2. The van der Waals surface area contributed by atoms with Gasteiger partial charge in [0.1, 0.15) is 12.5 Å². The Bertz CT molecular complexity index is 631. The fourth-order valence-electron chi connectivity index (χ4n) is 2.43. The molecule has 0 spiro atoms. The lowest BCUT2D eigenvalue weighted by atomic mass is 9.93. The molecule has 108 valence electrons. The Morgan fingerprint density at radius 2 is 1.33 bits per heavy atom. The van der Waals surface area contributed by atoms with Gasteiger partial charge in [0.2, 0.25) is 0 Å². The van der Waals surface area contributed by atoms with Crippen LogP contribution >= 0.6 is 0 Å². The molecule has 0 aliphatic carbocycles. The van der Waals surface area contributed by atoms with E-state index in [-0.39, 0.29) is 0 Å². The standard InChI is InChI=1S/C17H18N2O2/c1-12(2)17-6-13(4-15-8-18-20-10-15)3-14(7-17)5-16-9-19-21-11-16/h3,6-12H,4-5H2,1-2H3. The van der Waals surface area contributed by atoms with Crippen molar-refractivity contribution in [2.75, 3.05) is 0 Å². The highest BCUT2D eigenvalue weighted by molar-refractivity contribution is 5.36. The summed E-state index contributed by atoms with van der Waals surface area (Å²) in [4.78, 5) is 0. The van der Waals surface area contributed by atoms with Gasteiger partial charge in [-0.3, -0.25) is 0 Å². The third-order valence-corrected chi connectivity index (χ3v) is 3.53. The first kappa shape index (κ1) is 13.6. The average Bonchev–Trinajstić information content (AvgIpc) is 3.12. The smallest absolute Gasteiger partial charge is 0.127 e. The summed E-state index contributed by atoms with van der Waals surface area (Å²) in [6, 6.07) is 6.75. The molecular formula is C17H18N2O2. The molecule has 0 fully saturated rings.